The van der Waals surface area contributed by atoms with Gasteiger partial charge in [0.2, 0.25) is 0 Å². The van der Waals surface area contributed by atoms with Gasteiger partial charge in [0.15, 0.2) is 0 Å². The molecule has 4 aromatic rings. The summed E-state index contributed by atoms with van der Waals surface area (Å²) in [5.74, 6) is 1.41. The number of hydrogen-bond donors (Lipinski definition) is 2. The number of para-hydroxylation sites is 1. The van der Waals surface area contributed by atoms with Crippen molar-refractivity contribution < 1.29 is 4.74 Å². The van der Waals surface area contributed by atoms with Crippen LogP contribution in [0.4, 0.5) is 5.69 Å². The summed E-state index contributed by atoms with van der Waals surface area (Å²) in [5.41, 5.74) is 3.93. The maximum Gasteiger partial charge on any atom is 0.260 e. The number of hydrogen-bond acceptors (Lipinski definition) is 5. The SMILES string of the molecule is COc1ccc(-c2csc3nc(CNc4ccccc4C)[nH]c(=O)c23)cc1. The van der Waals surface area contributed by atoms with Crippen LogP contribution in [-0.4, -0.2) is 17.1 Å². The Hall–Kier alpha value is -3.12. The average molecular weight is 377 g/mol. The van der Waals surface area contributed by atoms with Crippen LogP contribution in [0.15, 0.2) is 58.7 Å². The lowest BCUT2D eigenvalue weighted by atomic mass is 10.1. The van der Waals surface area contributed by atoms with Gasteiger partial charge in [-0.05, 0) is 36.2 Å². The van der Waals surface area contributed by atoms with Crippen molar-refractivity contribution in [2.75, 3.05) is 12.4 Å². The Morgan fingerprint density at radius 2 is 1.93 bits per heavy atom. The van der Waals surface area contributed by atoms with Gasteiger partial charge in [0.25, 0.3) is 5.56 Å². The summed E-state index contributed by atoms with van der Waals surface area (Å²) in [6.07, 6.45) is 0. The lowest BCUT2D eigenvalue weighted by Crippen LogP contribution is -2.14. The molecule has 2 aromatic carbocycles. The zero-order valence-corrected chi connectivity index (χ0v) is 15.9. The van der Waals surface area contributed by atoms with Crippen molar-refractivity contribution in [3.63, 3.8) is 0 Å². The molecule has 0 amide bonds. The second-order valence-electron chi connectivity index (χ2n) is 6.24. The van der Waals surface area contributed by atoms with Gasteiger partial charge in [-0.2, -0.15) is 0 Å². The molecule has 0 radical (unpaired) electrons. The number of aryl methyl sites for hydroxylation is 1. The summed E-state index contributed by atoms with van der Waals surface area (Å²) < 4.78 is 5.20. The van der Waals surface area contributed by atoms with Crippen molar-refractivity contribution in [2.45, 2.75) is 13.5 Å². The first-order valence-corrected chi connectivity index (χ1v) is 9.48. The number of thiophene rings is 1. The first kappa shape index (κ1) is 17.3. The Bertz CT molecular complexity index is 1150. The third-order valence-electron chi connectivity index (χ3n) is 4.49. The quantitative estimate of drug-likeness (QED) is 0.534. The number of aromatic amines is 1. The van der Waals surface area contributed by atoms with Crippen molar-refractivity contribution in [3.8, 4) is 16.9 Å². The Kier molecular flexibility index (Phi) is 4.64. The van der Waals surface area contributed by atoms with Crippen molar-refractivity contribution in [1.82, 2.24) is 9.97 Å². The monoisotopic (exact) mass is 377 g/mol. The molecule has 2 aromatic heterocycles. The molecule has 2 heterocycles. The Morgan fingerprint density at radius 3 is 2.67 bits per heavy atom. The fourth-order valence-electron chi connectivity index (χ4n) is 3.01. The lowest BCUT2D eigenvalue weighted by molar-refractivity contribution is 0.415. The van der Waals surface area contributed by atoms with Gasteiger partial charge >= 0.3 is 0 Å². The summed E-state index contributed by atoms with van der Waals surface area (Å²) in [4.78, 5) is 21.0. The van der Waals surface area contributed by atoms with E-state index in [4.69, 9.17) is 4.74 Å². The van der Waals surface area contributed by atoms with Gasteiger partial charge in [0.05, 0.1) is 19.0 Å². The maximum absolute atomic E-state index is 12.7. The molecule has 0 fully saturated rings. The number of aromatic nitrogens is 2. The number of nitrogens with zero attached hydrogens (tertiary/aromatic N) is 1. The summed E-state index contributed by atoms with van der Waals surface area (Å²) in [6.45, 7) is 2.51. The van der Waals surface area contributed by atoms with E-state index in [-0.39, 0.29) is 5.56 Å². The van der Waals surface area contributed by atoms with Gasteiger partial charge < -0.3 is 15.0 Å². The van der Waals surface area contributed by atoms with E-state index in [2.05, 4.69) is 15.3 Å². The van der Waals surface area contributed by atoms with E-state index < -0.39 is 0 Å². The lowest BCUT2D eigenvalue weighted by Gasteiger charge is -2.08. The van der Waals surface area contributed by atoms with E-state index in [0.717, 1.165) is 33.0 Å². The Balaban J connectivity index is 1.65. The Labute approximate surface area is 160 Å². The van der Waals surface area contributed by atoms with Gasteiger partial charge in [-0.1, -0.05) is 30.3 Å². The molecule has 27 heavy (non-hydrogen) atoms. The first-order valence-electron chi connectivity index (χ1n) is 8.60. The van der Waals surface area contributed by atoms with E-state index in [1.165, 1.54) is 11.3 Å². The van der Waals surface area contributed by atoms with Crippen molar-refractivity contribution in [2.24, 2.45) is 0 Å². The van der Waals surface area contributed by atoms with E-state index in [9.17, 15) is 4.79 Å². The van der Waals surface area contributed by atoms with Gasteiger partial charge in [0.1, 0.15) is 16.4 Å². The smallest absolute Gasteiger partial charge is 0.260 e. The largest absolute Gasteiger partial charge is 0.497 e. The number of anilines is 1. The molecule has 0 unspecified atom stereocenters. The second kappa shape index (κ2) is 7.25. The van der Waals surface area contributed by atoms with Gasteiger partial charge in [-0.3, -0.25) is 4.79 Å². The number of rotatable bonds is 5. The Morgan fingerprint density at radius 1 is 1.15 bits per heavy atom. The second-order valence-corrected chi connectivity index (χ2v) is 7.10. The number of fused-ring (bicyclic) bond motifs is 1. The van der Waals surface area contributed by atoms with E-state index >= 15 is 0 Å². The summed E-state index contributed by atoms with van der Waals surface area (Å²) in [7, 11) is 1.64. The van der Waals surface area contributed by atoms with Crippen molar-refractivity contribution in [1.29, 1.82) is 0 Å². The van der Waals surface area contributed by atoms with Gasteiger partial charge in [-0.25, -0.2) is 4.98 Å². The van der Waals surface area contributed by atoms with Crippen LogP contribution in [0.25, 0.3) is 21.3 Å². The molecule has 0 bridgehead atoms. The molecular weight excluding hydrogens is 358 g/mol. The first-order chi connectivity index (χ1) is 13.2. The molecule has 0 spiro atoms. The van der Waals surface area contributed by atoms with Gasteiger partial charge in [0, 0.05) is 16.6 Å². The van der Waals surface area contributed by atoms with Gasteiger partial charge in [-0.15, -0.1) is 11.3 Å². The third kappa shape index (κ3) is 3.44. The molecule has 0 aliphatic rings. The molecule has 0 aliphatic heterocycles. The third-order valence-corrected chi connectivity index (χ3v) is 5.36. The van der Waals surface area contributed by atoms with E-state index in [1.807, 2.05) is 60.8 Å². The molecular formula is C21H19N3O2S. The number of H-pyrrole nitrogens is 1. The molecule has 0 aliphatic carbocycles. The standard InChI is InChI=1S/C21H19N3O2S/c1-13-5-3-4-6-17(13)22-11-18-23-20(25)19-16(12-27-21(19)24-18)14-7-9-15(26-2)10-8-14/h3-10,12,22H,11H2,1-2H3,(H,23,24,25). The van der Waals surface area contributed by atoms with Crippen LogP contribution in [-0.2, 0) is 6.54 Å². The average Bonchev–Trinajstić information content (AvgIpc) is 3.12. The normalized spacial score (nSPS) is 10.9. The summed E-state index contributed by atoms with van der Waals surface area (Å²) in [6, 6.07) is 15.7. The summed E-state index contributed by atoms with van der Waals surface area (Å²) in [5, 5.41) is 5.94. The maximum atomic E-state index is 12.7. The molecule has 0 saturated heterocycles. The van der Waals surface area contributed by atoms with Crippen LogP contribution < -0.4 is 15.6 Å². The van der Waals surface area contributed by atoms with Crippen LogP contribution in [0, 0.1) is 6.92 Å². The van der Waals surface area contributed by atoms with Crippen molar-refractivity contribution >= 4 is 27.2 Å². The van der Waals surface area contributed by atoms with Crippen LogP contribution in [0.5, 0.6) is 5.75 Å². The predicted molar refractivity (Wildman–Crippen MR) is 111 cm³/mol. The number of ether oxygens (including phenoxy) is 1. The van der Waals surface area contributed by atoms with E-state index in [0.29, 0.717) is 17.8 Å². The minimum Gasteiger partial charge on any atom is -0.497 e. The molecule has 2 N–H and O–H groups in total. The minimum atomic E-state index is -0.117. The van der Waals surface area contributed by atoms with E-state index in [1.54, 1.807) is 7.11 Å². The van der Waals surface area contributed by atoms with Crippen LogP contribution in [0.3, 0.4) is 0 Å². The minimum absolute atomic E-state index is 0.117. The highest BCUT2D eigenvalue weighted by molar-refractivity contribution is 7.17. The molecule has 0 saturated carbocycles. The number of benzene rings is 2. The van der Waals surface area contributed by atoms with Crippen LogP contribution >= 0.6 is 11.3 Å². The molecule has 136 valence electrons. The number of methoxy groups -OCH3 is 1. The molecule has 6 heteroatoms. The fraction of sp³-hybridized carbons (Fsp3) is 0.143. The van der Waals surface area contributed by atoms with Crippen LogP contribution in [0.2, 0.25) is 0 Å². The topological polar surface area (TPSA) is 67.0 Å². The molecule has 0 atom stereocenters. The zero-order chi connectivity index (χ0) is 18.8. The number of nitrogens with one attached hydrogen (secondary N) is 2. The van der Waals surface area contributed by atoms with Crippen molar-refractivity contribution in [3.05, 3.63) is 75.7 Å². The fourth-order valence-corrected chi connectivity index (χ4v) is 3.98. The highest BCUT2D eigenvalue weighted by Crippen LogP contribution is 2.31. The molecule has 4 rings (SSSR count). The zero-order valence-electron chi connectivity index (χ0n) is 15.1. The van der Waals surface area contributed by atoms with Crippen LogP contribution in [0.1, 0.15) is 11.4 Å². The predicted octanol–water partition coefficient (Wildman–Crippen LogP) is 4.58. The highest BCUT2D eigenvalue weighted by Gasteiger charge is 2.13. The highest BCUT2D eigenvalue weighted by atomic mass is 32.1. The summed E-state index contributed by atoms with van der Waals surface area (Å²) >= 11 is 1.48. The molecule has 5 nitrogen and oxygen atoms in total.